The van der Waals surface area contributed by atoms with Gasteiger partial charge in [-0.3, -0.25) is 0 Å². The Morgan fingerprint density at radius 3 is 2.76 bits per heavy atom. The van der Waals surface area contributed by atoms with E-state index in [9.17, 15) is 8.42 Å². The molecule has 1 aromatic carbocycles. The number of thiophene rings is 1. The summed E-state index contributed by atoms with van der Waals surface area (Å²) in [6.45, 7) is 1.99. The van der Waals surface area contributed by atoms with Crippen LogP contribution >= 0.6 is 11.3 Å². The van der Waals surface area contributed by atoms with E-state index >= 15 is 0 Å². The minimum atomic E-state index is -3.27. The number of benzene rings is 1. The summed E-state index contributed by atoms with van der Waals surface area (Å²) in [5, 5.41) is 0.824. The third kappa shape index (κ3) is 2.88. The van der Waals surface area contributed by atoms with E-state index in [1.165, 1.54) is 18.5 Å². The van der Waals surface area contributed by atoms with Gasteiger partial charge in [-0.2, -0.15) is 0 Å². The molecule has 0 saturated heterocycles. The van der Waals surface area contributed by atoms with Crippen LogP contribution in [0.15, 0.2) is 41.6 Å². The van der Waals surface area contributed by atoms with Gasteiger partial charge >= 0.3 is 0 Å². The molecule has 0 unspecified atom stereocenters. The van der Waals surface area contributed by atoms with Crippen LogP contribution in [0.2, 0.25) is 0 Å². The molecule has 2 aromatic heterocycles. The van der Waals surface area contributed by atoms with Gasteiger partial charge in [-0.1, -0.05) is 6.07 Å². The minimum absolute atomic E-state index is 0.215. The fourth-order valence-corrected chi connectivity index (χ4v) is 3.41. The van der Waals surface area contributed by atoms with Gasteiger partial charge in [-0.15, -0.1) is 11.3 Å². The second-order valence-electron chi connectivity index (χ2n) is 4.60. The Morgan fingerprint density at radius 2 is 2.00 bits per heavy atom. The van der Waals surface area contributed by atoms with Crippen LogP contribution < -0.4 is 4.74 Å². The molecule has 0 aliphatic heterocycles. The van der Waals surface area contributed by atoms with Crippen LogP contribution in [-0.4, -0.2) is 24.6 Å². The molecule has 0 saturated carbocycles. The molecule has 0 amide bonds. The van der Waals surface area contributed by atoms with Gasteiger partial charge in [0.05, 0.1) is 10.3 Å². The summed E-state index contributed by atoms with van der Waals surface area (Å²) >= 11 is 1.56. The normalized spacial score (nSPS) is 11.7. The molecule has 0 N–H and O–H groups in total. The van der Waals surface area contributed by atoms with Crippen LogP contribution in [0.4, 0.5) is 0 Å². The van der Waals surface area contributed by atoms with Gasteiger partial charge in [0.2, 0.25) is 5.88 Å². The highest BCUT2D eigenvalue weighted by Crippen LogP contribution is 2.32. The second-order valence-corrected chi connectivity index (χ2v) is 7.85. The first-order chi connectivity index (χ1) is 9.93. The Kier molecular flexibility index (Phi) is 3.38. The highest BCUT2D eigenvalue weighted by Gasteiger charge is 2.11. The van der Waals surface area contributed by atoms with Gasteiger partial charge in [-0.25, -0.2) is 18.4 Å². The van der Waals surface area contributed by atoms with Gasteiger partial charge in [0, 0.05) is 11.1 Å². The highest BCUT2D eigenvalue weighted by molar-refractivity contribution is 7.90. The number of hydrogen-bond donors (Lipinski definition) is 0. The van der Waals surface area contributed by atoms with Crippen LogP contribution in [-0.2, 0) is 9.84 Å². The van der Waals surface area contributed by atoms with Crippen LogP contribution in [0.5, 0.6) is 11.6 Å². The van der Waals surface area contributed by atoms with E-state index in [0.717, 1.165) is 21.3 Å². The second kappa shape index (κ2) is 5.09. The van der Waals surface area contributed by atoms with Crippen molar-refractivity contribution in [2.24, 2.45) is 0 Å². The standard InChI is InChI=1S/C14H12N2O3S2/c1-9-6-12-13(15-8-16-14(12)20-9)19-10-4-3-5-11(7-10)21(2,17)18/h3-8H,1-2H3. The first kappa shape index (κ1) is 14.0. The van der Waals surface area contributed by atoms with E-state index in [1.54, 1.807) is 23.5 Å². The summed E-state index contributed by atoms with van der Waals surface area (Å²) in [5.74, 6) is 0.858. The van der Waals surface area contributed by atoms with Crippen molar-refractivity contribution in [2.75, 3.05) is 6.26 Å². The predicted octanol–water partition coefficient (Wildman–Crippen LogP) is 3.20. The van der Waals surface area contributed by atoms with Gasteiger partial charge < -0.3 is 4.74 Å². The number of ether oxygens (including phenoxy) is 1. The van der Waals surface area contributed by atoms with E-state index < -0.39 is 9.84 Å². The molecule has 5 nitrogen and oxygen atoms in total. The number of aryl methyl sites for hydroxylation is 1. The SMILES string of the molecule is Cc1cc2c(Oc3cccc(S(C)(=O)=O)c3)ncnc2s1. The largest absolute Gasteiger partial charge is 0.438 e. The summed E-state index contributed by atoms with van der Waals surface area (Å²) in [4.78, 5) is 10.5. The summed E-state index contributed by atoms with van der Waals surface area (Å²) in [7, 11) is -3.27. The van der Waals surface area contributed by atoms with Crippen LogP contribution in [0, 0.1) is 6.92 Å². The van der Waals surface area contributed by atoms with E-state index in [0.29, 0.717) is 11.6 Å². The van der Waals surface area contributed by atoms with E-state index in [1.807, 2.05) is 13.0 Å². The molecule has 21 heavy (non-hydrogen) atoms. The first-order valence-corrected chi connectivity index (χ1v) is 8.83. The molecular weight excluding hydrogens is 308 g/mol. The predicted molar refractivity (Wildman–Crippen MR) is 81.8 cm³/mol. The Morgan fingerprint density at radius 1 is 1.19 bits per heavy atom. The molecule has 0 aliphatic rings. The zero-order valence-corrected chi connectivity index (χ0v) is 13.0. The highest BCUT2D eigenvalue weighted by atomic mass is 32.2. The Hall–Kier alpha value is -1.99. The van der Waals surface area contributed by atoms with Crippen LogP contribution in [0.1, 0.15) is 4.88 Å². The fraction of sp³-hybridized carbons (Fsp3) is 0.143. The van der Waals surface area contributed by atoms with Gasteiger partial charge in [0.1, 0.15) is 16.9 Å². The van der Waals surface area contributed by atoms with Crippen molar-refractivity contribution >= 4 is 31.4 Å². The average molecular weight is 320 g/mol. The minimum Gasteiger partial charge on any atom is -0.438 e. The van der Waals surface area contributed by atoms with Crippen molar-refractivity contribution in [1.82, 2.24) is 9.97 Å². The summed E-state index contributed by atoms with van der Waals surface area (Å²) in [6.07, 6.45) is 2.60. The molecular formula is C14H12N2O3S2. The molecule has 0 aliphatic carbocycles. The molecule has 108 valence electrons. The molecule has 2 heterocycles. The Bertz CT molecular complexity index is 917. The zero-order chi connectivity index (χ0) is 15.0. The number of rotatable bonds is 3. The first-order valence-electron chi connectivity index (χ1n) is 6.12. The van der Waals surface area contributed by atoms with E-state index in [2.05, 4.69) is 9.97 Å². The smallest absolute Gasteiger partial charge is 0.231 e. The quantitative estimate of drug-likeness (QED) is 0.741. The maximum Gasteiger partial charge on any atom is 0.231 e. The molecule has 0 bridgehead atoms. The number of hydrogen-bond acceptors (Lipinski definition) is 6. The van der Waals surface area contributed by atoms with Crippen molar-refractivity contribution in [3.63, 3.8) is 0 Å². The van der Waals surface area contributed by atoms with Crippen LogP contribution in [0.3, 0.4) is 0 Å². The van der Waals surface area contributed by atoms with Crippen molar-refractivity contribution in [3.8, 4) is 11.6 Å². The molecule has 0 spiro atoms. The summed E-state index contributed by atoms with van der Waals surface area (Å²) < 4.78 is 28.9. The van der Waals surface area contributed by atoms with Crippen LogP contribution in [0.25, 0.3) is 10.2 Å². The lowest BCUT2D eigenvalue weighted by Gasteiger charge is -2.06. The number of aromatic nitrogens is 2. The number of sulfone groups is 1. The molecule has 0 radical (unpaired) electrons. The van der Waals surface area contributed by atoms with E-state index in [-0.39, 0.29) is 4.90 Å². The van der Waals surface area contributed by atoms with Crippen molar-refractivity contribution < 1.29 is 13.2 Å². The third-order valence-corrected chi connectivity index (χ3v) is 4.93. The van der Waals surface area contributed by atoms with Gasteiger partial charge in [0.25, 0.3) is 0 Å². The maximum absolute atomic E-state index is 11.6. The molecule has 7 heteroatoms. The van der Waals surface area contributed by atoms with Crippen molar-refractivity contribution in [3.05, 3.63) is 41.5 Å². The Labute approximate surface area is 126 Å². The number of nitrogens with zero attached hydrogens (tertiary/aromatic N) is 2. The molecule has 3 aromatic rings. The third-order valence-electron chi connectivity index (χ3n) is 2.86. The monoisotopic (exact) mass is 320 g/mol. The number of fused-ring (bicyclic) bond motifs is 1. The lowest BCUT2D eigenvalue weighted by molar-refractivity contribution is 0.466. The van der Waals surface area contributed by atoms with Crippen molar-refractivity contribution in [1.29, 1.82) is 0 Å². The molecule has 0 fully saturated rings. The van der Waals surface area contributed by atoms with Gasteiger partial charge in [0.15, 0.2) is 9.84 Å². The summed E-state index contributed by atoms with van der Waals surface area (Å²) in [5.41, 5.74) is 0. The maximum atomic E-state index is 11.6. The molecule has 3 rings (SSSR count). The summed E-state index contributed by atoms with van der Waals surface area (Å²) in [6, 6.07) is 8.32. The van der Waals surface area contributed by atoms with Gasteiger partial charge in [-0.05, 0) is 31.2 Å². The molecule has 0 atom stereocenters. The zero-order valence-electron chi connectivity index (χ0n) is 11.4. The Balaban J connectivity index is 2.03. The van der Waals surface area contributed by atoms with E-state index in [4.69, 9.17) is 4.74 Å². The average Bonchev–Trinajstić information content (AvgIpc) is 2.80. The lowest BCUT2D eigenvalue weighted by atomic mass is 10.3. The fourth-order valence-electron chi connectivity index (χ4n) is 1.92. The van der Waals surface area contributed by atoms with Crippen molar-refractivity contribution in [2.45, 2.75) is 11.8 Å². The topological polar surface area (TPSA) is 69.2 Å². The lowest BCUT2D eigenvalue weighted by Crippen LogP contribution is -1.97.